The zero-order valence-corrected chi connectivity index (χ0v) is 23.0. The summed E-state index contributed by atoms with van der Waals surface area (Å²) in [4.78, 5) is 23.0. The van der Waals surface area contributed by atoms with Gasteiger partial charge in [0.25, 0.3) is 0 Å². The highest BCUT2D eigenvalue weighted by Crippen LogP contribution is 2.32. The number of pyridine rings is 1. The van der Waals surface area contributed by atoms with E-state index in [0.29, 0.717) is 13.0 Å². The van der Waals surface area contributed by atoms with Gasteiger partial charge in [0.2, 0.25) is 5.91 Å². The fourth-order valence-corrected chi connectivity index (χ4v) is 5.29. The van der Waals surface area contributed by atoms with Crippen molar-refractivity contribution in [2.75, 3.05) is 64.6 Å². The van der Waals surface area contributed by atoms with E-state index in [4.69, 9.17) is 4.74 Å². The Kier molecular flexibility index (Phi) is 10.2. The van der Waals surface area contributed by atoms with Crippen LogP contribution in [0.5, 0.6) is 5.75 Å². The molecular formula is C27H41N5O2S. The molecule has 8 heteroatoms. The molecule has 1 saturated heterocycles. The van der Waals surface area contributed by atoms with Crippen LogP contribution in [0, 0.1) is 19.8 Å². The van der Waals surface area contributed by atoms with E-state index in [1.807, 2.05) is 31.3 Å². The first kappa shape index (κ1) is 27.3. The second-order valence-corrected chi connectivity index (χ2v) is 11.0. The first-order chi connectivity index (χ1) is 16.7. The Morgan fingerprint density at radius 1 is 1.14 bits per heavy atom. The number of ether oxygens (including phenoxy) is 1. The van der Waals surface area contributed by atoms with Crippen molar-refractivity contribution in [2.24, 2.45) is 5.92 Å². The van der Waals surface area contributed by atoms with Gasteiger partial charge in [-0.3, -0.25) is 4.79 Å². The van der Waals surface area contributed by atoms with Crippen molar-refractivity contribution >= 4 is 29.4 Å². The van der Waals surface area contributed by atoms with E-state index < -0.39 is 0 Å². The fraction of sp³-hybridized carbons (Fsp3) is 0.556. The van der Waals surface area contributed by atoms with Crippen LogP contribution in [0.1, 0.15) is 36.8 Å². The highest BCUT2D eigenvalue weighted by molar-refractivity contribution is 7.97. The van der Waals surface area contributed by atoms with Crippen LogP contribution in [0.3, 0.4) is 0 Å². The van der Waals surface area contributed by atoms with Gasteiger partial charge in [0.1, 0.15) is 11.6 Å². The van der Waals surface area contributed by atoms with E-state index in [-0.39, 0.29) is 5.91 Å². The lowest BCUT2D eigenvalue weighted by Gasteiger charge is -2.33. The van der Waals surface area contributed by atoms with E-state index in [9.17, 15) is 4.79 Å². The summed E-state index contributed by atoms with van der Waals surface area (Å²) in [7, 11) is 7.98. The van der Waals surface area contributed by atoms with Gasteiger partial charge in [-0.15, -0.1) is 0 Å². The minimum Gasteiger partial charge on any atom is -0.497 e. The number of hydrogen-bond acceptors (Lipinski definition) is 7. The Bertz CT molecular complexity index is 936. The Labute approximate surface area is 215 Å². The lowest BCUT2D eigenvalue weighted by Crippen LogP contribution is -2.35. The van der Waals surface area contributed by atoms with Crippen LogP contribution in [0.2, 0.25) is 0 Å². The molecule has 1 aliphatic heterocycles. The van der Waals surface area contributed by atoms with Gasteiger partial charge in [-0.1, -0.05) is 0 Å². The minimum absolute atomic E-state index is 0.00289. The van der Waals surface area contributed by atoms with Gasteiger partial charge in [0.15, 0.2) is 0 Å². The maximum Gasteiger partial charge on any atom is 0.225 e. The van der Waals surface area contributed by atoms with Crippen LogP contribution in [-0.4, -0.2) is 74.5 Å². The van der Waals surface area contributed by atoms with E-state index in [2.05, 4.69) is 52.3 Å². The lowest BCUT2D eigenvalue weighted by molar-refractivity contribution is -0.116. The van der Waals surface area contributed by atoms with E-state index in [0.717, 1.165) is 42.8 Å². The molecule has 0 unspecified atom stereocenters. The molecule has 3 rings (SSSR count). The third kappa shape index (κ3) is 8.40. The summed E-state index contributed by atoms with van der Waals surface area (Å²) in [6.45, 7) is 8.08. The van der Waals surface area contributed by atoms with Crippen molar-refractivity contribution in [3.63, 3.8) is 0 Å². The molecule has 1 aromatic carbocycles. The molecule has 35 heavy (non-hydrogen) atoms. The van der Waals surface area contributed by atoms with Gasteiger partial charge in [-0.05, 0) is 114 Å². The molecule has 0 bridgehead atoms. The third-order valence-electron chi connectivity index (χ3n) is 6.53. The number of nitrogens with zero attached hydrogens (tertiary/aromatic N) is 4. The van der Waals surface area contributed by atoms with Gasteiger partial charge in [0, 0.05) is 31.0 Å². The number of carbonyl (C=O) groups is 1. The maximum atomic E-state index is 12.5. The molecule has 1 aromatic heterocycles. The maximum absolute atomic E-state index is 12.5. The number of aromatic nitrogens is 1. The number of aryl methyl sites for hydroxylation is 2. The summed E-state index contributed by atoms with van der Waals surface area (Å²) in [5, 5.41) is 2.99. The number of piperidine rings is 1. The molecule has 2 aromatic rings. The zero-order valence-electron chi connectivity index (χ0n) is 22.1. The molecule has 192 valence electrons. The number of benzene rings is 1. The van der Waals surface area contributed by atoms with Gasteiger partial charge in [-0.25, -0.2) is 9.29 Å². The minimum atomic E-state index is -0.00289. The van der Waals surface area contributed by atoms with Crippen LogP contribution in [-0.2, 0) is 4.79 Å². The SMILES string of the molecule is COc1cc(C)c(SN(C)CCC(=O)Nc2ccc(N3CCC(CCN(C)C)CC3)nc2)c(C)c1. The molecule has 2 heterocycles. The van der Waals surface area contributed by atoms with Crippen molar-refractivity contribution < 1.29 is 9.53 Å². The first-order valence-corrected chi connectivity index (χ1v) is 13.2. The Balaban J connectivity index is 1.42. The second-order valence-electron chi connectivity index (χ2n) is 9.76. The normalized spacial score (nSPS) is 14.6. The van der Waals surface area contributed by atoms with Crippen molar-refractivity contribution in [1.29, 1.82) is 0 Å². The standard InChI is InChI=1S/C27H41N5O2S/c1-20-17-24(34-6)18-21(2)27(20)35-31(5)14-12-26(33)29-23-7-8-25(28-19-23)32-15-10-22(11-16-32)9-13-30(3)4/h7-8,17-19,22H,9-16H2,1-6H3,(H,29,33). The second kappa shape index (κ2) is 13.1. The van der Waals surface area contributed by atoms with Crippen LogP contribution in [0.4, 0.5) is 11.5 Å². The Hall–Kier alpha value is -2.29. The zero-order chi connectivity index (χ0) is 25.4. The van der Waals surface area contributed by atoms with E-state index in [1.165, 1.54) is 35.3 Å². The third-order valence-corrected chi connectivity index (χ3v) is 7.85. The summed E-state index contributed by atoms with van der Waals surface area (Å²) < 4.78 is 7.45. The van der Waals surface area contributed by atoms with Crippen molar-refractivity contribution in [2.45, 2.75) is 44.4 Å². The highest BCUT2D eigenvalue weighted by atomic mass is 32.2. The Morgan fingerprint density at radius 2 is 1.83 bits per heavy atom. The van der Waals surface area contributed by atoms with Crippen LogP contribution in [0.25, 0.3) is 0 Å². The number of anilines is 2. The summed E-state index contributed by atoms with van der Waals surface area (Å²) in [6, 6.07) is 8.06. The number of carbonyl (C=O) groups excluding carboxylic acids is 1. The number of hydrogen-bond donors (Lipinski definition) is 1. The van der Waals surface area contributed by atoms with Crippen molar-refractivity contribution in [1.82, 2.24) is 14.2 Å². The fourth-order valence-electron chi connectivity index (χ4n) is 4.39. The largest absolute Gasteiger partial charge is 0.497 e. The van der Waals surface area contributed by atoms with Gasteiger partial charge in [0.05, 0.1) is 19.0 Å². The summed E-state index contributed by atoms with van der Waals surface area (Å²) >= 11 is 1.66. The predicted molar refractivity (Wildman–Crippen MR) is 147 cm³/mol. The molecule has 0 aliphatic carbocycles. The summed E-state index contributed by atoms with van der Waals surface area (Å²) in [5.74, 6) is 2.67. The number of amides is 1. The molecule has 1 fully saturated rings. The van der Waals surface area contributed by atoms with Crippen LogP contribution in [0.15, 0.2) is 35.4 Å². The summed E-state index contributed by atoms with van der Waals surface area (Å²) in [5.41, 5.74) is 3.09. The van der Waals surface area contributed by atoms with Crippen molar-refractivity contribution in [3.8, 4) is 5.75 Å². The predicted octanol–water partition coefficient (Wildman–Crippen LogP) is 4.84. The lowest BCUT2D eigenvalue weighted by atomic mass is 9.93. The molecule has 0 spiro atoms. The molecule has 1 aliphatic rings. The smallest absolute Gasteiger partial charge is 0.225 e. The molecule has 1 amide bonds. The topological polar surface area (TPSA) is 60.9 Å². The molecule has 1 N–H and O–H groups in total. The van der Waals surface area contributed by atoms with Crippen LogP contribution >= 0.6 is 11.9 Å². The molecule has 0 saturated carbocycles. The average Bonchev–Trinajstić information content (AvgIpc) is 2.84. The number of methoxy groups -OCH3 is 1. The van der Waals surface area contributed by atoms with Crippen molar-refractivity contribution in [3.05, 3.63) is 41.6 Å². The van der Waals surface area contributed by atoms with E-state index in [1.54, 1.807) is 25.3 Å². The quantitative estimate of drug-likeness (QED) is 0.444. The molecule has 7 nitrogen and oxygen atoms in total. The van der Waals surface area contributed by atoms with Gasteiger partial charge >= 0.3 is 0 Å². The average molecular weight is 500 g/mol. The number of nitrogens with one attached hydrogen (secondary N) is 1. The first-order valence-electron chi connectivity index (χ1n) is 12.4. The van der Waals surface area contributed by atoms with Crippen LogP contribution < -0.4 is 15.0 Å². The monoisotopic (exact) mass is 499 g/mol. The Morgan fingerprint density at radius 3 is 2.40 bits per heavy atom. The molecular weight excluding hydrogens is 458 g/mol. The van der Waals surface area contributed by atoms with E-state index >= 15 is 0 Å². The molecule has 0 atom stereocenters. The van der Waals surface area contributed by atoms with Gasteiger partial charge < -0.3 is 19.9 Å². The van der Waals surface area contributed by atoms with Gasteiger partial charge in [-0.2, -0.15) is 0 Å². The number of rotatable bonds is 11. The highest BCUT2D eigenvalue weighted by Gasteiger charge is 2.20. The molecule has 0 radical (unpaired) electrons. The summed E-state index contributed by atoms with van der Waals surface area (Å²) in [6.07, 6.45) is 5.89.